The first-order chi connectivity index (χ1) is 13.2. The molecule has 0 saturated carbocycles. The van der Waals surface area contributed by atoms with E-state index in [4.69, 9.17) is 4.74 Å². The van der Waals surface area contributed by atoms with Gasteiger partial charge in [0.2, 0.25) is 0 Å². The molecule has 28 heavy (non-hydrogen) atoms. The molecule has 0 aliphatic heterocycles. The molecule has 2 amide bonds. The Morgan fingerprint density at radius 3 is 2.43 bits per heavy atom. The van der Waals surface area contributed by atoms with Crippen LogP contribution in [0.2, 0.25) is 0 Å². The second-order valence-corrected chi connectivity index (χ2v) is 5.54. The molecule has 148 valence electrons. The van der Waals surface area contributed by atoms with E-state index in [2.05, 4.69) is 5.32 Å². The van der Waals surface area contributed by atoms with Crippen molar-refractivity contribution in [1.82, 2.24) is 5.32 Å². The number of nitrogens with one attached hydrogen (secondary N) is 2. The molecule has 10 heteroatoms. The zero-order valence-corrected chi connectivity index (χ0v) is 14.4. The summed E-state index contributed by atoms with van der Waals surface area (Å²) in [7, 11) is 0. The van der Waals surface area contributed by atoms with Crippen LogP contribution in [0.15, 0.2) is 36.4 Å². The van der Waals surface area contributed by atoms with Crippen molar-refractivity contribution >= 4 is 23.5 Å². The highest BCUT2D eigenvalue weighted by molar-refractivity contribution is 5.97. The normalized spacial score (nSPS) is 11.5. The van der Waals surface area contributed by atoms with E-state index in [1.165, 1.54) is 12.1 Å². The summed E-state index contributed by atoms with van der Waals surface area (Å²) in [6, 6.07) is 6.17. The van der Waals surface area contributed by atoms with Crippen LogP contribution < -0.4 is 10.6 Å². The summed E-state index contributed by atoms with van der Waals surface area (Å²) in [5, 5.41) is 4.13. The van der Waals surface area contributed by atoms with Gasteiger partial charge in [-0.15, -0.1) is 0 Å². The lowest BCUT2D eigenvalue weighted by Gasteiger charge is -2.14. The zero-order chi connectivity index (χ0) is 20.8. The Bertz CT molecular complexity index is 920. The van der Waals surface area contributed by atoms with Crippen LogP contribution in [-0.4, -0.2) is 30.4 Å². The highest BCUT2D eigenvalue weighted by Gasteiger charge is 2.21. The molecule has 6 nitrogen and oxygen atoms in total. The van der Waals surface area contributed by atoms with Gasteiger partial charge in [-0.05, 0) is 37.3 Å². The second kappa shape index (κ2) is 8.98. The SMILES string of the molecule is C[C@@H](OC(=O)CNC(=O)c1cccc(F)c1)C(=O)Nc1ccc(F)c(F)c1F. The molecule has 0 unspecified atom stereocenters. The lowest BCUT2D eigenvalue weighted by Crippen LogP contribution is -2.36. The number of benzene rings is 2. The topological polar surface area (TPSA) is 84.5 Å². The minimum atomic E-state index is -1.76. The van der Waals surface area contributed by atoms with Crippen LogP contribution in [0.4, 0.5) is 23.2 Å². The van der Waals surface area contributed by atoms with Gasteiger partial charge in [0, 0.05) is 5.56 Å². The number of hydrogen-bond acceptors (Lipinski definition) is 4. The molecular weight excluding hydrogens is 384 g/mol. The Labute approximate surface area is 156 Å². The van der Waals surface area contributed by atoms with Crippen molar-refractivity contribution in [2.75, 3.05) is 11.9 Å². The molecule has 0 aliphatic carbocycles. The third-order valence-electron chi connectivity index (χ3n) is 3.45. The van der Waals surface area contributed by atoms with E-state index in [1.54, 1.807) is 0 Å². The second-order valence-electron chi connectivity index (χ2n) is 5.54. The molecule has 0 aliphatic rings. The maximum atomic E-state index is 13.5. The molecule has 0 spiro atoms. The minimum absolute atomic E-state index is 0.0209. The lowest BCUT2D eigenvalue weighted by atomic mass is 10.2. The summed E-state index contributed by atoms with van der Waals surface area (Å²) in [5.74, 6) is -8.17. The zero-order valence-electron chi connectivity index (χ0n) is 14.4. The fourth-order valence-corrected chi connectivity index (χ4v) is 2.03. The van der Waals surface area contributed by atoms with E-state index < -0.39 is 59.4 Å². The van der Waals surface area contributed by atoms with Gasteiger partial charge in [0.25, 0.3) is 11.8 Å². The Hall–Kier alpha value is -3.43. The largest absolute Gasteiger partial charge is 0.451 e. The Morgan fingerprint density at radius 1 is 1.04 bits per heavy atom. The van der Waals surface area contributed by atoms with Crippen molar-refractivity contribution in [3.05, 3.63) is 65.2 Å². The monoisotopic (exact) mass is 398 g/mol. The van der Waals surface area contributed by atoms with E-state index in [1.807, 2.05) is 5.32 Å². The van der Waals surface area contributed by atoms with E-state index in [-0.39, 0.29) is 5.56 Å². The number of amides is 2. The molecule has 0 heterocycles. The first-order valence-electron chi connectivity index (χ1n) is 7.86. The van der Waals surface area contributed by atoms with Gasteiger partial charge in [0.15, 0.2) is 23.6 Å². The average Bonchev–Trinajstić information content (AvgIpc) is 2.66. The van der Waals surface area contributed by atoms with Crippen LogP contribution in [0.25, 0.3) is 0 Å². The Morgan fingerprint density at radius 2 is 1.75 bits per heavy atom. The summed E-state index contributed by atoms with van der Waals surface area (Å²) in [6.07, 6.45) is -1.42. The maximum Gasteiger partial charge on any atom is 0.326 e. The molecule has 0 radical (unpaired) electrons. The third-order valence-corrected chi connectivity index (χ3v) is 3.45. The molecule has 0 bridgehead atoms. The molecule has 0 aromatic heterocycles. The van der Waals surface area contributed by atoms with Gasteiger partial charge in [-0.1, -0.05) is 6.07 Å². The summed E-state index contributed by atoms with van der Waals surface area (Å²) in [4.78, 5) is 35.4. The number of anilines is 1. The number of hydrogen-bond donors (Lipinski definition) is 2. The van der Waals surface area contributed by atoms with Gasteiger partial charge in [-0.2, -0.15) is 0 Å². The van der Waals surface area contributed by atoms with Gasteiger partial charge < -0.3 is 15.4 Å². The quantitative estimate of drug-likeness (QED) is 0.445. The fourth-order valence-electron chi connectivity index (χ4n) is 2.03. The summed E-state index contributed by atoms with van der Waals surface area (Å²) < 4.78 is 57.4. The van der Waals surface area contributed by atoms with Crippen LogP contribution in [-0.2, 0) is 14.3 Å². The van der Waals surface area contributed by atoms with Crippen LogP contribution in [0, 0.1) is 23.3 Å². The number of carbonyl (C=O) groups is 3. The van der Waals surface area contributed by atoms with Crippen molar-refractivity contribution in [2.45, 2.75) is 13.0 Å². The molecule has 1 atom stereocenters. The molecule has 0 saturated heterocycles. The molecule has 2 aromatic rings. The highest BCUT2D eigenvalue weighted by Crippen LogP contribution is 2.19. The summed E-state index contributed by atoms with van der Waals surface area (Å²) in [5.41, 5.74) is -0.654. The van der Waals surface area contributed by atoms with Crippen LogP contribution in [0.1, 0.15) is 17.3 Å². The standard InChI is InChI=1S/C18H14F4N2O4/c1-9(17(26)24-13-6-5-12(20)15(21)16(13)22)28-14(25)8-23-18(27)10-3-2-4-11(19)7-10/h2-7,9H,8H2,1H3,(H,23,27)(H,24,26)/t9-/m1/s1. The minimum Gasteiger partial charge on any atom is -0.451 e. The van der Waals surface area contributed by atoms with Gasteiger partial charge >= 0.3 is 5.97 Å². The predicted molar refractivity (Wildman–Crippen MR) is 89.2 cm³/mol. The molecule has 0 fully saturated rings. The average molecular weight is 398 g/mol. The van der Waals surface area contributed by atoms with Gasteiger partial charge in [-0.25, -0.2) is 17.6 Å². The number of rotatable bonds is 6. The highest BCUT2D eigenvalue weighted by atomic mass is 19.2. The molecule has 2 aromatic carbocycles. The lowest BCUT2D eigenvalue weighted by molar-refractivity contribution is -0.152. The van der Waals surface area contributed by atoms with Crippen molar-refractivity contribution in [1.29, 1.82) is 0 Å². The van der Waals surface area contributed by atoms with Crippen LogP contribution >= 0.6 is 0 Å². The van der Waals surface area contributed by atoms with Gasteiger partial charge in [0.1, 0.15) is 12.4 Å². The van der Waals surface area contributed by atoms with E-state index >= 15 is 0 Å². The number of halogens is 4. The maximum absolute atomic E-state index is 13.5. The van der Waals surface area contributed by atoms with Gasteiger partial charge in [0.05, 0.1) is 5.69 Å². The van der Waals surface area contributed by atoms with E-state index in [9.17, 15) is 31.9 Å². The van der Waals surface area contributed by atoms with Gasteiger partial charge in [-0.3, -0.25) is 14.4 Å². The number of ether oxygens (including phenoxy) is 1. The Balaban J connectivity index is 1.87. The predicted octanol–water partition coefficient (Wildman–Crippen LogP) is 2.54. The molecule has 2 N–H and O–H groups in total. The molecular formula is C18H14F4N2O4. The van der Waals surface area contributed by atoms with E-state index in [0.29, 0.717) is 6.07 Å². The Kier molecular flexibility index (Phi) is 6.69. The van der Waals surface area contributed by atoms with Crippen molar-refractivity contribution < 1.29 is 36.7 Å². The first kappa shape index (κ1) is 20.9. The van der Waals surface area contributed by atoms with Crippen molar-refractivity contribution in [3.8, 4) is 0 Å². The third kappa shape index (κ3) is 5.29. The van der Waals surface area contributed by atoms with Crippen LogP contribution in [0.5, 0.6) is 0 Å². The van der Waals surface area contributed by atoms with Crippen molar-refractivity contribution in [3.63, 3.8) is 0 Å². The first-order valence-corrected chi connectivity index (χ1v) is 7.86. The molecule has 2 rings (SSSR count). The fraction of sp³-hybridized carbons (Fsp3) is 0.167. The smallest absolute Gasteiger partial charge is 0.326 e. The van der Waals surface area contributed by atoms with E-state index in [0.717, 1.165) is 25.1 Å². The summed E-state index contributed by atoms with van der Waals surface area (Å²) >= 11 is 0. The number of esters is 1. The van der Waals surface area contributed by atoms with Crippen LogP contribution in [0.3, 0.4) is 0 Å². The number of carbonyl (C=O) groups excluding carboxylic acids is 3. The van der Waals surface area contributed by atoms with Crippen molar-refractivity contribution in [2.24, 2.45) is 0 Å². The summed E-state index contributed by atoms with van der Waals surface area (Å²) in [6.45, 7) is 0.534.